The third kappa shape index (κ3) is 5.99. The van der Waals surface area contributed by atoms with E-state index in [1.165, 1.54) is 11.3 Å². The Hall–Kier alpha value is -4.14. The van der Waals surface area contributed by atoms with Crippen LogP contribution in [0.15, 0.2) is 93.9 Å². The number of fused-ring (bicyclic) bond motifs is 1. The van der Waals surface area contributed by atoms with Crippen LogP contribution in [0.25, 0.3) is 6.08 Å². The summed E-state index contributed by atoms with van der Waals surface area (Å²) in [5.41, 5.74) is 3.08. The van der Waals surface area contributed by atoms with Gasteiger partial charge in [0.25, 0.3) is 5.56 Å². The molecule has 1 aliphatic rings. The van der Waals surface area contributed by atoms with Crippen molar-refractivity contribution in [2.24, 2.45) is 4.99 Å². The molecule has 0 bridgehead atoms. The average molecular weight is 589 g/mol. The van der Waals surface area contributed by atoms with E-state index in [4.69, 9.17) is 25.8 Å². The van der Waals surface area contributed by atoms with E-state index in [-0.39, 0.29) is 12.2 Å². The molecule has 1 aromatic heterocycles. The molecule has 9 heteroatoms. The van der Waals surface area contributed by atoms with Gasteiger partial charge in [-0.15, -0.1) is 0 Å². The van der Waals surface area contributed by atoms with Gasteiger partial charge in [0.05, 0.1) is 35.1 Å². The van der Waals surface area contributed by atoms with Crippen molar-refractivity contribution in [2.75, 3.05) is 13.2 Å². The lowest BCUT2D eigenvalue weighted by atomic mass is 9.96. The number of ether oxygens (including phenoxy) is 3. The Morgan fingerprint density at radius 2 is 1.76 bits per heavy atom. The molecule has 210 valence electrons. The van der Waals surface area contributed by atoms with Crippen LogP contribution in [0.5, 0.6) is 11.5 Å². The van der Waals surface area contributed by atoms with Crippen molar-refractivity contribution in [1.29, 1.82) is 0 Å². The topological polar surface area (TPSA) is 79.1 Å². The fourth-order valence-corrected chi connectivity index (χ4v) is 5.90. The number of carbonyl (C=O) groups excluding carboxylic acids is 1. The second-order valence-corrected chi connectivity index (χ2v) is 10.6. The maximum Gasteiger partial charge on any atom is 0.338 e. The molecule has 0 spiro atoms. The molecule has 1 atom stereocenters. The Labute approximate surface area is 246 Å². The fraction of sp³-hybridized carbons (Fsp3) is 0.219. The molecule has 41 heavy (non-hydrogen) atoms. The van der Waals surface area contributed by atoms with Gasteiger partial charge >= 0.3 is 5.97 Å². The summed E-state index contributed by atoms with van der Waals surface area (Å²) in [6, 6.07) is 21.9. The molecule has 0 radical (unpaired) electrons. The average Bonchev–Trinajstić information content (AvgIpc) is 3.27. The van der Waals surface area contributed by atoms with Gasteiger partial charge in [-0.05, 0) is 56.2 Å². The summed E-state index contributed by atoms with van der Waals surface area (Å²) in [6.07, 6.45) is 1.80. The highest BCUT2D eigenvalue weighted by Gasteiger charge is 2.33. The van der Waals surface area contributed by atoms with Crippen molar-refractivity contribution in [3.05, 3.63) is 125 Å². The zero-order chi connectivity index (χ0) is 28.9. The van der Waals surface area contributed by atoms with Crippen molar-refractivity contribution in [3.63, 3.8) is 0 Å². The van der Waals surface area contributed by atoms with Gasteiger partial charge in [0.2, 0.25) is 0 Å². The molecule has 0 saturated heterocycles. The number of thiazole rings is 1. The van der Waals surface area contributed by atoms with Crippen molar-refractivity contribution < 1.29 is 19.0 Å². The van der Waals surface area contributed by atoms with Crippen LogP contribution in [0.4, 0.5) is 0 Å². The predicted octanol–water partition coefficient (Wildman–Crippen LogP) is 5.43. The molecule has 5 rings (SSSR count). The number of esters is 1. The molecule has 2 heterocycles. The molecular formula is C32H29ClN2O5S. The zero-order valence-electron chi connectivity index (χ0n) is 22.9. The standard InChI is InChI=1S/C32H29ClN2O5S/c1-4-38-26-17-21(15-16-25(26)40-19-23-13-9-10-14-24(23)33)18-27-30(36)35-29(22-11-7-6-8-12-22)28(31(37)39-5-2)20(3)34-32(35)41-27/h6-18,29H,4-5,19H2,1-3H3/b27-18-/t29-/m1/s1. The summed E-state index contributed by atoms with van der Waals surface area (Å²) in [5, 5.41) is 0.632. The van der Waals surface area contributed by atoms with E-state index < -0.39 is 12.0 Å². The Bertz CT molecular complexity index is 1790. The molecule has 4 aromatic rings. The SMILES string of the molecule is CCOC(=O)C1=C(C)N=c2s/c(=C\c3ccc(OCc4ccccc4Cl)c(OCC)c3)c(=O)n2[C@@H]1c1ccccc1. The van der Waals surface area contributed by atoms with Crippen molar-refractivity contribution in [2.45, 2.75) is 33.4 Å². The largest absolute Gasteiger partial charge is 0.490 e. The van der Waals surface area contributed by atoms with Crippen LogP contribution in [0.3, 0.4) is 0 Å². The minimum atomic E-state index is -0.645. The second-order valence-electron chi connectivity index (χ2n) is 9.23. The van der Waals surface area contributed by atoms with Gasteiger partial charge in [-0.25, -0.2) is 9.79 Å². The van der Waals surface area contributed by atoms with E-state index >= 15 is 0 Å². The summed E-state index contributed by atoms with van der Waals surface area (Å²) >= 11 is 7.56. The molecule has 7 nitrogen and oxygen atoms in total. The van der Waals surface area contributed by atoms with Gasteiger partial charge in [-0.1, -0.05) is 77.5 Å². The van der Waals surface area contributed by atoms with E-state index in [1.54, 1.807) is 24.5 Å². The normalized spacial score (nSPS) is 14.8. The summed E-state index contributed by atoms with van der Waals surface area (Å²) in [4.78, 5) is 32.0. The minimum Gasteiger partial charge on any atom is -0.490 e. The maximum absolute atomic E-state index is 13.8. The Kier molecular flexibility index (Phi) is 8.71. The van der Waals surface area contributed by atoms with Gasteiger partial charge in [-0.2, -0.15) is 0 Å². The first kappa shape index (κ1) is 28.4. The summed E-state index contributed by atoms with van der Waals surface area (Å²) in [7, 11) is 0. The fourth-order valence-electron chi connectivity index (χ4n) is 4.67. The highest BCUT2D eigenvalue weighted by Crippen LogP contribution is 2.32. The van der Waals surface area contributed by atoms with Gasteiger partial charge < -0.3 is 14.2 Å². The predicted molar refractivity (Wildman–Crippen MR) is 160 cm³/mol. The van der Waals surface area contributed by atoms with Crippen molar-refractivity contribution in [1.82, 2.24) is 4.57 Å². The second kappa shape index (κ2) is 12.6. The van der Waals surface area contributed by atoms with Gasteiger partial charge in [0.1, 0.15) is 6.61 Å². The lowest BCUT2D eigenvalue weighted by molar-refractivity contribution is -0.139. The summed E-state index contributed by atoms with van der Waals surface area (Å²) in [5.74, 6) is 0.651. The highest BCUT2D eigenvalue weighted by molar-refractivity contribution is 7.07. The number of halogens is 1. The van der Waals surface area contributed by atoms with E-state index in [0.29, 0.717) is 50.3 Å². The molecule has 0 aliphatic carbocycles. The number of rotatable bonds is 9. The quantitative estimate of drug-likeness (QED) is 0.244. The lowest BCUT2D eigenvalue weighted by Crippen LogP contribution is -2.39. The number of benzene rings is 3. The van der Waals surface area contributed by atoms with Crippen LogP contribution in [0, 0.1) is 0 Å². The third-order valence-corrected chi connectivity index (χ3v) is 7.89. The first-order chi connectivity index (χ1) is 19.9. The highest BCUT2D eigenvalue weighted by atomic mass is 35.5. The molecule has 1 aliphatic heterocycles. The minimum absolute atomic E-state index is 0.224. The van der Waals surface area contributed by atoms with E-state index in [0.717, 1.165) is 16.7 Å². The molecular weight excluding hydrogens is 560 g/mol. The number of carbonyl (C=O) groups is 1. The molecule has 0 N–H and O–H groups in total. The number of hydrogen-bond donors (Lipinski definition) is 0. The molecule has 0 unspecified atom stereocenters. The Morgan fingerprint density at radius 1 is 1.00 bits per heavy atom. The molecule has 0 fully saturated rings. The number of aromatic nitrogens is 1. The zero-order valence-corrected chi connectivity index (χ0v) is 24.5. The van der Waals surface area contributed by atoms with E-state index in [2.05, 4.69) is 4.99 Å². The van der Waals surface area contributed by atoms with Crippen LogP contribution < -0.4 is 24.4 Å². The molecule has 3 aromatic carbocycles. The lowest BCUT2D eigenvalue weighted by Gasteiger charge is -2.24. The number of nitrogens with zero attached hydrogens (tertiary/aromatic N) is 2. The smallest absolute Gasteiger partial charge is 0.338 e. The van der Waals surface area contributed by atoms with Crippen molar-refractivity contribution >= 4 is 35.0 Å². The summed E-state index contributed by atoms with van der Waals surface area (Å²) in [6.45, 7) is 6.39. The van der Waals surface area contributed by atoms with Crippen molar-refractivity contribution in [3.8, 4) is 11.5 Å². The van der Waals surface area contributed by atoms with Crippen LogP contribution in [0.1, 0.15) is 43.5 Å². The van der Waals surface area contributed by atoms with Crippen LogP contribution in [0.2, 0.25) is 5.02 Å². The maximum atomic E-state index is 13.8. The molecule has 0 amide bonds. The third-order valence-electron chi connectivity index (χ3n) is 6.54. The van der Waals surface area contributed by atoms with E-state index in [1.807, 2.05) is 79.7 Å². The monoisotopic (exact) mass is 588 g/mol. The van der Waals surface area contributed by atoms with Crippen LogP contribution in [-0.2, 0) is 16.1 Å². The summed E-state index contributed by atoms with van der Waals surface area (Å²) < 4.78 is 19.3. The van der Waals surface area contributed by atoms with Gasteiger partial charge in [0.15, 0.2) is 16.3 Å². The van der Waals surface area contributed by atoms with E-state index in [9.17, 15) is 9.59 Å². The molecule has 0 saturated carbocycles. The van der Waals surface area contributed by atoms with Crippen LogP contribution >= 0.6 is 22.9 Å². The number of allylic oxidation sites excluding steroid dienone is 1. The Balaban J connectivity index is 1.55. The Morgan fingerprint density at radius 3 is 2.49 bits per heavy atom. The first-order valence-corrected chi connectivity index (χ1v) is 14.5. The van der Waals surface area contributed by atoms with Gasteiger partial charge in [-0.3, -0.25) is 9.36 Å². The first-order valence-electron chi connectivity index (χ1n) is 13.3. The van der Waals surface area contributed by atoms with Gasteiger partial charge in [0, 0.05) is 10.6 Å². The van der Waals surface area contributed by atoms with Crippen LogP contribution in [-0.4, -0.2) is 23.8 Å². The number of hydrogen-bond acceptors (Lipinski definition) is 7.